The predicted octanol–water partition coefficient (Wildman–Crippen LogP) is 1.18. The van der Waals surface area contributed by atoms with Gasteiger partial charge in [-0.25, -0.2) is 9.82 Å². The first-order valence-electron chi connectivity index (χ1n) is 5.31. The summed E-state index contributed by atoms with van der Waals surface area (Å²) in [7, 11) is 1.56. The maximum atomic E-state index is 12.8. The minimum absolute atomic E-state index is 0.367. The molecule has 2 rings (SSSR count). The summed E-state index contributed by atoms with van der Waals surface area (Å²) in [6.07, 6.45) is 4.39. The summed E-state index contributed by atoms with van der Waals surface area (Å²) in [6, 6.07) is 4.33. The van der Waals surface area contributed by atoms with Crippen LogP contribution in [0.1, 0.15) is 17.3 Å². The van der Waals surface area contributed by atoms with E-state index in [4.69, 9.17) is 10.6 Å². The monoisotopic (exact) mass is 248 g/mol. The highest BCUT2D eigenvalue weighted by Crippen LogP contribution is 2.22. The maximum Gasteiger partial charge on any atom is 0.141 e. The van der Waals surface area contributed by atoms with Crippen LogP contribution in [0.5, 0.6) is 5.75 Å². The van der Waals surface area contributed by atoms with Gasteiger partial charge in [0.2, 0.25) is 0 Å². The molecule has 0 spiro atoms. The molecule has 0 saturated carbocycles. The van der Waals surface area contributed by atoms with Gasteiger partial charge in [-0.1, -0.05) is 0 Å². The fourth-order valence-corrected chi connectivity index (χ4v) is 1.62. The molecule has 94 valence electrons. The summed E-state index contributed by atoms with van der Waals surface area (Å²) < 4.78 is 17.9. The molecule has 0 aromatic carbocycles. The lowest BCUT2D eigenvalue weighted by atomic mass is 10.1. The van der Waals surface area contributed by atoms with Gasteiger partial charge < -0.3 is 4.74 Å². The Labute approximate surface area is 104 Å². The molecule has 1 atom stereocenters. The maximum absolute atomic E-state index is 12.8. The lowest BCUT2D eigenvalue weighted by Crippen LogP contribution is -2.29. The minimum atomic E-state index is -0.390. The topological polar surface area (TPSA) is 73.1 Å². The van der Waals surface area contributed by atoms with E-state index in [-0.39, 0.29) is 6.04 Å². The SMILES string of the molecule is COc1cncc(C(NN)c2ccc(F)cn2)c1. The van der Waals surface area contributed by atoms with Gasteiger partial charge in [-0.2, -0.15) is 0 Å². The van der Waals surface area contributed by atoms with Gasteiger partial charge >= 0.3 is 0 Å². The van der Waals surface area contributed by atoms with Crippen molar-refractivity contribution < 1.29 is 9.13 Å². The smallest absolute Gasteiger partial charge is 0.141 e. The molecule has 0 saturated heterocycles. The molecule has 2 heterocycles. The number of nitrogens with zero attached hydrogens (tertiary/aromatic N) is 2. The average molecular weight is 248 g/mol. The standard InChI is InChI=1S/C12H13FN4O/c1-18-10-4-8(5-15-7-10)12(17-14)11-3-2-9(13)6-16-11/h2-7,12,17H,14H2,1H3. The molecule has 0 bridgehead atoms. The van der Waals surface area contributed by atoms with Gasteiger partial charge in [0.15, 0.2) is 0 Å². The Bertz CT molecular complexity index is 518. The number of rotatable bonds is 4. The van der Waals surface area contributed by atoms with E-state index in [1.807, 2.05) is 0 Å². The van der Waals surface area contributed by atoms with Crippen molar-refractivity contribution in [2.24, 2.45) is 5.84 Å². The number of hydrogen-bond acceptors (Lipinski definition) is 5. The molecule has 3 N–H and O–H groups in total. The molecule has 0 amide bonds. The first kappa shape index (κ1) is 12.4. The van der Waals surface area contributed by atoms with Gasteiger partial charge in [-0.05, 0) is 23.8 Å². The number of nitrogens with one attached hydrogen (secondary N) is 1. The van der Waals surface area contributed by atoms with Crippen LogP contribution in [-0.2, 0) is 0 Å². The number of hydrogen-bond donors (Lipinski definition) is 2. The Kier molecular flexibility index (Phi) is 3.81. The molecule has 0 fully saturated rings. The third-order valence-electron chi connectivity index (χ3n) is 2.52. The summed E-state index contributed by atoms with van der Waals surface area (Å²) in [5.74, 6) is 5.74. The van der Waals surface area contributed by atoms with Crippen molar-refractivity contribution in [1.29, 1.82) is 0 Å². The summed E-state index contributed by atoms with van der Waals surface area (Å²) in [6.45, 7) is 0. The van der Waals surface area contributed by atoms with Crippen molar-refractivity contribution in [3.05, 3.63) is 53.9 Å². The van der Waals surface area contributed by atoms with Gasteiger partial charge in [0.25, 0.3) is 0 Å². The Morgan fingerprint density at radius 2 is 2.17 bits per heavy atom. The molecule has 0 aliphatic carbocycles. The van der Waals surface area contributed by atoms with Crippen LogP contribution < -0.4 is 16.0 Å². The Balaban J connectivity index is 2.35. The largest absolute Gasteiger partial charge is 0.495 e. The van der Waals surface area contributed by atoms with Crippen molar-refractivity contribution in [2.75, 3.05) is 7.11 Å². The summed E-state index contributed by atoms with van der Waals surface area (Å²) in [5, 5.41) is 0. The lowest BCUT2D eigenvalue weighted by molar-refractivity contribution is 0.411. The zero-order valence-electron chi connectivity index (χ0n) is 9.80. The summed E-state index contributed by atoms with van der Waals surface area (Å²) in [4.78, 5) is 8.04. The van der Waals surface area contributed by atoms with Gasteiger partial charge in [-0.3, -0.25) is 15.8 Å². The number of hydrazine groups is 1. The second kappa shape index (κ2) is 5.52. The summed E-state index contributed by atoms with van der Waals surface area (Å²) >= 11 is 0. The van der Waals surface area contributed by atoms with Gasteiger partial charge in [-0.15, -0.1) is 0 Å². The Hall–Kier alpha value is -2.05. The third-order valence-corrected chi connectivity index (χ3v) is 2.52. The lowest BCUT2D eigenvalue weighted by Gasteiger charge is -2.15. The minimum Gasteiger partial charge on any atom is -0.495 e. The van der Waals surface area contributed by atoms with E-state index < -0.39 is 5.82 Å². The predicted molar refractivity (Wildman–Crippen MR) is 64.2 cm³/mol. The highest BCUT2D eigenvalue weighted by Gasteiger charge is 2.14. The number of pyridine rings is 2. The van der Waals surface area contributed by atoms with E-state index >= 15 is 0 Å². The molecule has 1 unspecified atom stereocenters. The molecular weight excluding hydrogens is 235 g/mol. The number of aromatic nitrogens is 2. The normalized spacial score (nSPS) is 12.2. The quantitative estimate of drug-likeness (QED) is 0.628. The van der Waals surface area contributed by atoms with Crippen LogP contribution in [-0.4, -0.2) is 17.1 Å². The van der Waals surface area contributed by atoms with E-state index in [0.29, 0.717) is 11.4 Å². The van der Waals surface area contributed by atoms with Crippen LogP contribution in [0, 0.1) is 5.82 Å². The molecule has 0 aliphatic heterocycles. The number of methoxy groups -OCH3 is 1. The second-order valence-corrected chi connectivity index (χ2v) is 3.66. The number of halogens is 1. The highest BCUT2D eigenvalue weighted by molar-refractivity contribution is 5.31. The van der Waals surface area contributed by atoms with E-state index in [0.717, 1.165) is 11.8 Å². The first-order valence-corrected chi connectivity index (χ1v) is 5.31. The van der Waals surface area contributed by atoms with Crippen molar-refractivity contribution in [1.82, 2.24) is 15.4 Å². The fraction of sp³-hybridized carbons (Fsp3) is 0.167. The van der Waals surface area contributed by atoms with Crippen LogP contribution in [0.25, 0.3) is 0 Å². The molecule has 0 aliphatic rings. The molecule has 0 radical (unpaired) electrons. The molecule has 18 heavy (non-hydrogen) atoms. The van der Waals surface area contributed by atoms with E-state index in [2.05, 4.69) is 15.4 Å². The molecule has 5 nitrogen and oxygen atoms in total. The van der Waals surface area contributed by atoms with Crippen LogP contribution in [0.2, 0.25) is 0 Å². The average Bonchev–Trinajstić information content (AvgIpc) is 2.42. The van der Waals surface area contributed by atoms with Crippen LogP contribution in [0.15, 0.2) is 36.8 Å². The Morgan fingerprint density at radius 3 is 2.78 bits per heavy atom. The Morgan fingerprint density at radius 1 is 1.33 bits per heavy atom. The van der Waals surface area contributed by atoms with Gasteiger partial charge in [0.1, 0.15) is 11.6 Å². The first-order chi connectivity index (χ1) is 8.74. The molecule has 6 heteroatoms. The third kappa shape index (κ3) is 2.61. The summed E-state index contributed by atoms with van der Waals surface area (Å²) in [5.41, 5.74) is 4.02. The number of ether oxygens (including phenoxy) is 1. The number of nitrogens with two attached hydrogens (primary N) is 1. The highest BCUT2D eigenvalue weighted by atomic mass is 19.1. The van der Waals surface area contributed by atoms with Crippen molar-refractivity contribution >= 4 is 0 Å². The fourth-order valence-electron chi connectivity index (χ4n) is 1.62. The molecule has 2 aromatic rings. The van der Waals surface area contributed by atoms with Gasteiger partial charge in [0.05, 0.1) is 31.2 Å². The van der Waals surface area contributed by atoms with E-state index in [1.165, 1.54) is 6.07 Å². The van der Waals surface area contributed by atoms with E-state index in [1.54, 1.807) is 31.6 Å². The van der Waals surface area contributed by atoms with Crippen molar-refractivity contribution in [2.45, 2.75) is 6.04 Å². The van der Waals surface area contributed by atoms with Crippen LogP contribution in [0.4, 0.5) is 4.39 Å². The van der Waals surface area contributed by atoms with Gasteiger partial charge in [0, 0.05) is 6.20 Å². The zero-order valence-corrected chi connectivity index (χ0v) is 9.80. The molecule has 2 aromatic heterocycles. The van der Waals surface area contributed by atoms with E-state index in [9.17, 15) is 4.39 Å². The van der Waals surface area contributed by atoms with Crippen molar-refractivity contribution in [3.8, 4) is 5.75 Å². The van der Waals surface area contributed by atoms with Crippen LogP contribution in [0.3, 0.4) is 0 Å². The zero-order chi connectivity index (χ0) is 13.0. The second-order valence-electron chi connectivity index (χ2n) is 3.66. The van der Waals surface area contributed by atoms with Crippen LogP contribution >= 0.6 is 0 Å². The molecular formula is C12H13FN4O. The van der Waals surface area contributed by atoms with Crippen molar-refractivity contribution in [3.63, 3.8) is 0 Å².